The topological polar surface area (TPSA) is 90.0 Å². The number of carbonyl (C=O) groups is 3. The number of rotatable bonds is 2. The predicted molar refractivity (Wildman–Crippen MR) is 77.2 cm³/mol. The van der Waals surface area contributed by atoms with E-state index in [2.05, 4.69) is 5.32 Å². The van der Waals surface area contributed by atoms with Crippen LogP contribution in [0.2, 0.25) is 0 Å². The Morgan fingerprint density at radius 3 is 2.86 bits per heavy atom. The number of aromatic hydroxyl groups is 1. The number of amides is 4. The van der Waals surface area contributed by atoms with Crippen LogP contribution < -0.4 is 5.32 Å². The number of carbonyl (C=O) groups excluding carboxylic acids is 3. The quantitative estimate of drug-likeness (QED) is 0.753. The Morgan fingerprint density at radius 2 is 2.14 bits per heavy atom. The average Bonchev–Trinajstić information content (AvgIpc) is 2.77. The summed E-state index contributed by atoms with van der Waals surface area (Å²) < 4.78 is 0. The van der Waals surface area contributed by atoms with E-state index in [1.165, 1.54) is 4.90 Å². The lowest BCUT2D eigenvalue weighted by Gasteiger charge is -2.35. The third kappa shape index (κ3) is 2.49. The normalized spacial score (nSPS) is 20.9. The van der Waals surface area contributed by atoms with Gasteiger partial charge < -0.3 is 14.9 Å². The molecule has 0 bridgehead atoms. The van der Waals surface area contributed by atoms with Gasteiger partial charge in [-0.25, -0.2) is 4.79 Å². The second-order valence-electron chi connectivity index (χ2n) is 5.64. The molecule has 2 saturated heterocycles. The lowest BCUT2D eigenvalue weighted by atomic mass is 10.1. The van der Waals surface area contributed by atoms with Crippen molar-refractivity contribution in [2.75, 3.05) is 19.6 Å². The molecule has 7 nitrogen and oxygen atoms in total. The fraction of sp³-hybridized carbons (Fsp3) is 0.400. The maximum Gasteiger partial charge on any atom is 0.324 e. The molecule has 1 aromatic rings. The highest BCUT2D eigenvalue weighted by Gasteiger charge is 2.42. The highest BCUT2D eigenvalue weighted by Crippen LogP contribution is 2.20. The summed E-state index contributed by atoms with van der Waals surface area (Å²) >= 11 is 0. The number of hydrogen-bond acceptors (Lipinski definition) is 4. The Balaban J connectivity index is 1.67. The van der Waals surface area contributed by atoms with Crippen LogP contribution in [0.1, 0.15) is 11.1 Å². The van der Waals surface area contributed by atoms with Crippen LogP contribution in [0, 0.1) is 6.92 Å². The standard InChI is InChI=1S/C15H17N3O4/c1-9-2-3-10(6-12(9)19)7-13(20)17-4-5-18-11(8-17)14(21)16-15(18)22/h2-3,6,11,19H,4-5,7-8H2,1H3,(H,16,21,22). The molecule has 2 heterocycles. The number of nitrogens with zero attached hydrogens (tertiary/aromatic N) is 2. The minimum atomic E-state index is -0.586. The summed E-state index contributed by atoms with van der Waals surface area (Å²) in [5.74, 6) is -0.304. The van der Waals surface area contributed by atoms with Gasteiger partial charge in [-0.15, -0.1) is 0 Å². The van der Waals surface area contributed by atoms with Crippen LogP contribution in [0.4, 0.5) is 4.79 Å². The minimum absolute atomic E-state index is 0.116. The van der Waals surface area contributed by atoms with Crippen LogP contribution in [0.5, 0.6) is 5.75 Å². The van der Waals surface area contributed by atoms with Gasteiger partial charge in [-0.1, -0.05) is 12.1 Å². The van der Waals surface area contributed by atoms with Gasteiger partial charge in [0.05, 0.1) is 13.0 Å². The number of nitrogens with one attached hydrogen (secondary N) is 1. The maximum absolute atomic E-state index is 12.3. The fourth-order valence-corrected chi connectivity index (χ4v) is 2.79. The van der Waals surface area contributed by atoms with Crippen molar-refractivity contribution in [2.24, 2.45) is 0 Å². The van der Waals surface area contributed by atoms with E-state index in [-0.39, 0.29) is 36.6 Å². The molecule has 2 fully saturated rings. The molecule has 0 aliphatic carbocycles. The number of hydrogen-bond donors (Lipinski definition) is 2. The minimum Gasteiger partial charge on any atom is -0.508 e. The summed E-state index contributed by atoms with van der Waals surface area (Å²) in [4.78, 5) is 38.6. The van der Waals surface area contributed by atoms with Crippen LogP contribution in [-0.2, 0) is 16.0 Å². The molecule has 0 spiro atoms. The molecule has 2 aliphatic heterocycles. The van der Waals surface area contributed by atoms with Crippen molar-refractivity contribution in [3.05, 3.63) is 29.3 Å². The van der Waals surface area contributed by atoms with Gasteiger partial charge in [0.2, 0.25) is 5.91 Å². The third-order valence-electron chi connectivity index (χ3n) is 4.16. The molecule has 2 N–H and O–H groups in total. The molecule has 0 radical (unpaired) electrons. The lowest BCUT2D eigenvalue weighted by molar-refractivity contribution is -0.134. The van der Waals surface area contributed by atoms with Gasteiger partial charge in [0.25, 0.3) is 5.91 Å². The van der Waals surface area contributed by atoms with Crippen LogP contribution in [0.15, 0.2) is 18.2 Å². The first-order valence-corrected chi connectivity index (χ1v) is 7.13. The summed E-state index contributed by atoms with van der Waals surface area (Å²) in [6.07, 6.45) is 0.163. The fourth-order valence-electron chi connectivity index (χ4n) is 2.79. The summed E-state index contributed by atoms with van der Waals surface area (Å²) in [6, 6.07) is 4.17. The first-order chi connectivity index (χ1) is 10.5. The number of urea groups is 1. The highest BCUT2D eigenvalue weighted by molar-refractivity contribution is 6.04. The van der Waals surface area contributed by atoms with Crippen LogP contribution in [-0.4, -0.2) is 58.4 Å². The zero-order chi connectivity index (χ0) is 15.9. The van der Waals surface area contributed by atoms with E-state index in [0.717, 1.165) is 11.1 Å². The van der Waals surface area contributed by atoms with Crippen molar-refractivity contribution in [2.45, 2.75) is 19.4 Å². The SMILES string of the molecule is Cc1ccc(CC(=O)N2CCN3C(=O)NC(=O)C3C2)cc1O. The molecule has 4 amide bonds. The van der Waals surface area contributed by atoms with Gasteiger partial charge >= 0.3 is 6.03 Å². The van der Waals surface area contributed by atoms with E-state index >= 15 is 0 Å². The monoisotopic (exact) mass is 303 g/mol. The average molecular weight is 303 g/mol. The number of phenolic OH excluding ortho intramolecular Hbond substituents is 1. The molecule has 7 heteroatoms. The van der Waals surface area contributed by atoms with Gasteiger partial charge in [0.1, 0.15) is 11.8 Å². The Kier molecular flexibility index (Phi) is 3.48. The van der Waals surface area contributed by atoms with E-state index in [1.807, 2.05) is 0 Å². The molecule has 3 rings (SSSR count). The molecule has 1 atom stereocenters. The van der Waals surface area contributed by atoms with E-state index in [4.69, 9.17) is 0 Å². The van der Waals surface area contributed by atoms with Gasteiger partial charge in [0.15, 0.2) is 0 Å². The molecule has 1 unspecified atom stereocenters. The zero-order valence-corrected chi connectivity index (χ0v) is 12.2. The van der Waals surface area contributed by atoms with Gasteiger partial charge in [0, 0.05) is 13.1 Å². The second kappa shape index (κ2) is 5.32. The number of imide groups is 1. The van der Waals surface area contributed by atoms with Gasteiger partial charge in [-0.3, -0.25) is 14.9 Å². The third-order valence-corrected chi connectivity index (χ3v) is 4.16. The van der Waals surface area contributed by atoms with Crippen molar-refractivity contribution >= 4 is 17.8 Å². The molecule has 1 aromatic carbocycles. The smallest absolute Gasteiger partial charge is 0.324 e. The Bertz CT molecular complexity index is 658. The van der Waals surface area contributed by atoms with Crippen molar-refractivity contribution < 1.29 is 19.5 Å². The molecular formula is C15H17N3O4. The van der Waals surface area contributed by atoms with E-state index in [0.29, 0.717) is 13.1 Å². The lowest BCUT2D eigenvalue weighted by Crippen LogP contribution is -2.55. The number of fused-ring (bicyclic) bond motifs is 1. The van der Waals surface area contributed by atoms with Crippen molar-refractivity contribution in [3.8, 4) is 5.75 Å². The van der Waals surface area contributed by atoms with Crippen molar-refractivity contribution in [1.29, 1.82) is 0 Å². The molecule has 22 heavy (non-hydrogen) atoms. The molecule has 0 aromatic heterocycles. The Labute approximate surface area is 127 Å². The second-order valence-corrected chi connectivity index (χ2v) is 5.64. The van der Waals surface area contributed by atoms with Crippen LogP contribution in [0.3, 0.4) is 0 Å². The highest BCUT2D eigenvalue weighted by atomic mass is 16.3. The number of phenols is 1. The number of benzene rings is 1. The summed E-state index contributed by atoms with van der Waals surface area (Å²) in [6.45, 7) is 2.77. The van der Waals surface area contributed by atoms with Crippen molar-refractivity contribution in [1.82, 2.24) is 15.1 Å². The van der Waals surface area contributed by atoms with Gasteiger partial charge in [-0.2, -0.15) is 0 Å². The first-order valence-electron chi connectivity index (χ1n) is 7.13. The molecular weight excluding hydrogens is 286 g/mol. The van der Waals surface area contributed by atoms with Gasteiger partial charge in [-0.05, 0) is 24.1 Å². The van der Waals surface area contributed by atoms with E-state index in [9.17, 15) is 19.5 Å². The Hall–Kier alpha value is -2.57. The van der Waals surface area contributed by atoms with E-state index < -0.39 is 6.04 Å². The van der Waals surface area contributed by atoms with Crippen LogP contribution in [0.25, 0.3) is 0 Å². The molecule has 2 aliphatic rings. The molecule has 0 saturated carbocycles. The number of piperazine rings is 1. The Morgan fingerprint density at radius 1 is 1.36 bits per heavy atom. The summed E-state index contributed by atoms with van der Waals surface area (Å²) in [5, 5.41) is 11.9. The van der Waals surface area contributed by atoms with Crippen LogP contribution >= 0.6 is 0 Å². The number of aryl methyl sites for hydroxylation is 1. The molecule has 116 valence electrons. The summed E-state index contributed by atoms with van der Waals surface area (Å²) in [7, 11) is 0. The first kappa shape index (κ1) is 14.4. The largest absolute Gasteiger partial charge is 0.508 e. The van der Waals surface area contributed by atoms with Crippen molar-refractivity contribution in [3.63, 3.8) is 0 Å². The zero-order valence-electron chi connectivity index (χ0n) is 12.2. The predicted octanol–water partition coefficient (Wildman–Crippen LogP) is 0.00572. The summed E-state index contributed by atoms with van der Waals surface area (Å²) in [5.41, 5.74) is 1.48. The maximum atomic E-state index is 12.3. The van der Waals surface area contributed by atoms with E-state index in [1.54, 1.807) is 30.0 Å².